The molecule has 0 bridgehead atoms. The molecular formula is C20H20ClN3O6S. The summed E-state index contributed by atoms with van der Waals surface area (Å²) in [5.41, 5.74) is 6.71. The summed E-state index contributed by atoms with van der Waals surface area (Å²) in [4.78, 5) is 25.7. The van der Waals surface area contributed by atoms with Crippen molar-refractivity contribution in [3.05, 3.63) is 68.5 Å². The topological polar surface area (TPSA) is 146 Å². The maximum atomic E-state index is 12.7. The number of aryl methyl sites for hydroxylation is 1. The van der Waals surface area contributed by atoms with Crippen LogP contribution in [0.15, 0.2) is 50.5 Å². The van der Waals surface area contributed by atoms with Gasteiger partial charge >= 0.3 is 11.7 Å². The van der Waals surface area contributed by atoms with E-state index in [2.05, 4.69) is 0 Å². The van der Waals surface area contributed by atoms with Crippen LogP contribution in [0.4, 0.5) is 4.79 Å². The van der Waals surface area contributed by atoms with Crippen molar-refractivity contribution in [2.45, 2.75) is 17.9 Å². The first-order valence-electron chi connectivity index (χ1n) is 8.94. The first kappa shape index (κ1) is 22.8. The molecule has 0 aliphatic rings. The first-order valence-corrected chi connectivity index (χ1v) is 10.9. The molecule has 0 radical (unpaired) electrons. The highest BCUT2D eigenvalue weighted by atomic mass is 35.5. The average Bonchev–Trinajstić information content (AvgIpc) is 2.68. The Morgan fingerprint density at radius 2 is 1.90 bits per heavy atom. The minimum absolute atomic E-state index is 0.0355. The number of ether oxygens (including phenoxy) is 1. The van der Waals surface area contributed by atoms with Gasteiger partial charge in [0.25, 0.3) is 0 Å². The molecule has 1 heterocycles. The smallest absolute Gasteiger partial charge is 0.414 e. The summed E-state index contributed by atoms with van der Waals surface area (Å²) in [6, 6.07) is 7.58. The molecule has 1 amide bonds. The van der Waals surface area contributed by atoms with Gasteiger partial charge in [0, 0.05) is 25.5 Å². The third-order valence-electron chi connectivity index (χ3n) is 4.68. The Kier molecular flexibility index (Phi) is 6.10. The SMILES string of the molecule is Cc1c(C(N)c2cccc(S(N)(=O)=O)c2)c(=O)oc2cc(OC(=O)N(C)C)c(Cl)cc12. The molecular weight excluding hydrogens is 446 g/mol. The van der Waals surface area contributed by atoms with Gasteiger partial charge in [-0.05, 0) is 36.2 Å². The van der Waals surface area contributed by atoms with Crippen molar-refractivity contribution in [2.24, 2.45) is 10.9 Å². The molecule has 164 valence electrons. The summed E-state index contributed by atoms with van der Waals surface area (Å²) in [7, 11) is -0.914. The summed E-state index contributed by atoms with van der Waals surface area (Å²) in [6.07, 6.45) is -0.645. The first-order chi connectivity index (χ1) is 14.4. The van der Waals surface area contributed by atoms with E-state index in [1.807, 2.05) is 0 Å². The van der Waals surface area contributed by atoms with E-state index in [0.29, 0.717) is 16.5 Å². The van der Waals surface area contributed by atoms with Crippen molar-refractivity contribution >= 4 is 38.7 Å². The van der Waals surface area contributed by atoms with E-state index in [4.69, 9.17) is 31.6 Å². The standard InChI is InChI=1S/C20H20ClN3O6S/c1-10-13-8-14(21)16(30-20(26)24(2)3)9-15(13)29-19(25)17(10)18(22)11-5-4-6-12(7-11)31(23,27)28/h4-9,18H,22H2,1-3H3,(H2,23,27,28). The number of primary sulfonamides is 1. The zero-order valence-corrected chi connectivity index (χ0v) is 18.5. The predicted octanol–water partition coefficient (Wildman–Crippen LogP) is 2.51. The minimum Gasteiger partial charge on any atom is -0.422 e. The van der Waals surface area contributed by atoms with Crippen LogP contribution in [0, 0.1) is 6.92 Å². The Bertz CT molecular complexity index is 1350. The molecule has 9 nitrogen and oxygen atoms in total. The van der Waals surface area contributed by atoms with Crippen molar-refractivity contribution in [3.63, 3.8) is 0 Å². The molecule has 3 aromatic rings. The van der Waals surface area contributed by atoms with E-state index < -0.39 is 27.8 Å². The Balaban J connectivity index is 2.13. The van der Waals surface area contributed by atoms with Crippen molar-refractivity contribution in [2.75, 3.05) is 14.1 Å². The molecule has 0 saturated carbocycles. The number of hydrogen-bond acceptors (Lipinski definition) is 7. The van der Waals surface area contributed by atoms with Gasteiger partial charge < -0.3 is 19.8 Å². The fraction of sp³-hybridized carbons (Fsp3) is 0.200. The number of carbonyl (C=O) groups excluding carboxylic acids is 1. The Hall–Kier alpha value is -2.92. The monoisotopic (exact) mass is 465 g/mol. The lowest BCUT2D eigenvalue weighted by Gasteiger charge is -2.17. The van der Waals surface area contributed by atoms with Crippen LogP contribution < -0.4 is 21.2 Å². The van der Waals surface area contributed by atoms with Crippen LogP contribution in [-0.4, -0.2) is 33.5 Å². The highest BCUT2D eigenvalue weighted by Gasteiger charge is 2.22. The predicted molar refractivity (Wildman–Crippen MR) is 116 cm³/mol. The quantitative estimate of drug-likeness (QED) is 0.562. The highest BCUT2D eigenvalue weighted by molar-refractivity contribution is 7.89. The van der Waals surface area contributed by atoms with Gasteiger partial charge in [-0.1, -0.05) is 23.7 Å². The van der Waals surface area contributed by atoms with Crippen LogP contribution >= 0.6 is 11.6 Å². The summed E-state index contributed by atoms with van der Waals surface area (Å²) in [5.74, 6) is 0.0355. The fourth-order valence-electron chi connectivity index (χ4n) is 3.04. The molecule has 0 spiro atoms. The second-order valence-corrected chi connectivity index (χ2v) is 9.03. The maximum Gasteiger partial charge on any atom is 0.414 e. The Labute approximate surface area is 183 Å². The molecule has 1 aromatic heterocycles. The van der Waals surface area contributed by atoms with Crippen LogP contribution in [-0.2, 0) is 10.0 Å². The van der Waals surface area contributed by atoms with Crippen LogP contribution in [0.5, 0.6) is 5.75 Å². The van der Waals surface area contributed by atoms with Crippen molar-refractivity contribution in [1.29, 1.82) is 0 Å². The average molecular weight is 466 g/mol. The minimum atomic E-state index is -3.94. The fourth-order valence-corrected chi connectivity index (χ4v) is 3.81. The number of halogens is 1. The lowest BCUT2D eigenvalue weighted by Crippen LogP contribution is -2.25. The highest BCUT2D eigenvalue weighted by Crippen LogP contribution is 2.34. The van der Waals surface area contributed by atoms with Crippen LogP contribution in [0.25, 0.3) is 11.0 Å². The van der Waals surface area contributed by atoms with E-state index >= 15 is 0 Å². The van der Waals surface area contributed by atoms with E-state index in [1.165, 1.54) is 49.3 Å². The van der Waals surface area contributed by atoms with E-state index in [1.54, 1.807) is 13.0 Å². The van der Waals surface area contributed by atoms with E-state index in [9.17, 15) is 18.0 Å². The largest absolute Gasteiger partial charge is 0.422 e. The second-order valence-electron chi connectivity index (χ2n) is 7.06. The van der Waals surface area contributed by atoms with E-state index in [-0.39, 0.29) is 26.8 Å². The summed E-state index contributed by atoms with van der Waals surface area (Å²) >= 11 is 6.26. The lowest BCUT2D eigenvalue weighted by molar-refractivity contribution is 0.172. The molecule has 0 aliphatic carbocycles. The third kappa shape index (κ3) is 4.57. The lowest BCUT2D eigenvalue weighted by atomic mass is 9.95. The van der Waals surface area contributed by atoms with E-state index in [0.717, 1.165) is 0 Å². The van der Waals surface area contributed by atoms with Crippen LogP contribution in [0.1, 0.15) is 22.7 Å². The van der Waals surface area contributed by atoms with Gasteiger partial charge in [0.05, 0.1) is 21.5 Å². The molecule has 11 heteroatoms. The number of amides is 1. The second kappa shape index (κ2) is 8.31. The zero-order chi connectivity index (χ0) is 23.1. The number of hydrogen-bond donors (Lipinski definition) is 2. The maximum absolute atomic E-state index is 12.7. The molecule has 4 N–H and O–H groups in total. The molecule has 2 aromatic carbocycles. The molecule has 1 unspecified atom stereocenters. The molecule has 0 saturated heterocycles. The number of nitrogens with zero attached hydrogens (tertiary/aromatic N) is 1. The van der Waals surface area contributed by atoms with Gasteiger partial charge in [0.15, 0.2) is 5.75 Å². The normalized spacial score (nSPS) is 12.6. The molecule has 3 rings (SSSR count). The van der Waals surface area contributed by atoms with Crippen LogP contribution in [0.2, 0.25) is 5.02 Å². The van der Waals surface area contributed by atoms with Gasteiger partial charge in [-0.25, -0.2) is 23.1 Å². The zero-order valence-electron chi connectivity index (χ0n) is 16.9. The summed E-state index contributed by atoms with van der Waals surface area (Å²) in [5, 5.41) is 5.80. The number of sulfonamides is 1. The van der Waals surface area contributed by atoms with Gasteiger partial charge in [-0.2, -0.15) is 0 Å². The Morgan fingerprint density at radius 3 is 2.52 bits per heavy atom. The molecule has 0 fully saturated rings. The number of nitrogens with two attached hydrogens (primary N) is 2. The van der Waals surface area contributed by atoms with Crippen molar-refractivity contribution in [3.8, 4) is 5.75 Å². The number of fused-ring (bicyclic) bond motifs is 1. The van der Waals surface area contributed by atoms with Gasteiger partial charge in [-0.15, -0.1) is 0 Å². The third-order valence-corrected chi connectivity index (χ3v) is 5.89. The van der Waals surface area contributed by atoms with Crippen molar-refractivity contribution in [1.82, 2.24) is 4.90 Å². The summed E-state index contributed by atoms with van der Waals surface area (Å²) < 4.78 is 33.9. The molecule has 31 heavy (non-hydrogen) atoms. The number of rotatable bonds is 4. The van der Waals surface area contributed by atoms with Gasteiger partial charge in [0.2, 0.25) is 10.0 Å². The van der Waals surface area contributed by atoms with Crippen LogP contribution in [0.3, 0.4) is 0 Å². The molecule has 0 aliphatic heterocycles. The van der Waals surface area contributed by atoms with Gasteiger partial charge in [0.1, 0.15) is 5.58 Å². The van der Waals surface area contributed by atoms with Gasteiger partial charge in [-0.3, -0.25) is 0 Å². The number of benzene rings is 2. The Morgan fingerprint density at radius 1 is 1.23 bits per heavy atom. The number of carbonyl (C=O) groups is 1. The molecule has 1 atom stereocenters. The summed E-state index contributed by atoms with van der Waals surface area (Å²) in [6.45, 7) is 1.67. The van der Waals surface area contributed by atoms with Crippen molar-refractivity contribution < 1.29 is 22.4 Å².